The van der Waals surface area contributed by atoms with Gasteiger partial charge in [0.05, 0.1) is 10.6 Å². The molecule has 0 spiro atoms. The lowest BCUT2D eigenvalue weighted by atomic mass is 10.1. The summed E-state index contributed by atoms with van der Waals surface area (Å²) in [6.45, 7) is 1.82. The number of aryl methyl sites for hydroxylation is 1. The largest absolute Gasteiger partial charge is 0.298 e. The van der Waals surface area contributed by atoms with Crippen molar-refractivity contribution < 1.29 is 14.1 Å². The van der Waals surface area contributed by atoms with Crippen molar-refractivity contribution in [3.63, 3.8) is 0 Å². The number of nitro benzene ring substituents is 1. The summed E-state index contributed by atoms with van der Waals surface area (Å²) in [5.41, 5.74) is 0.812. The third kappa shape index (κ3) is 3.71. The number of thiazole rings is 1. The molecule has 3 rings (SSSR count). The van der Waals surface area contributed by atoms with Gasteiger partial charge in [-0.1, -0.05) is 11.6 Å². The van der Waals surface area contributed by atoms with E-state index in [0.29, 0.717) is 11.3 Å². The van der Waals surface area contributed by atoms with Crippen molar-refractivity contribution in [3.05, 3.63) is 73.9 Å². The van der Waals surface area contributed by atoms with Crippen molar-refractivity contribution in [2.75, 3.05) is 5.32 Å². The molecule has 0 aliphatic heterocycles. The Bertz CT molecular complexity index is 1000. The number of anilines is 1. The first kappa shape index (κ1) is 18.0. The highest BCUT2D eigenvalue weighted by molar-refractivity contribution is 7.16. The molecule has 1 aromatic heterocycles. The lowest BCUT2D eigenvalue weighted by Crippen LogP contribution is -2.13. The molecule has 0 saturated heterocycles. The predicted molar refractivity (Wildman–Crippen MR) is 98.3 cm³/mol. The normalized spacial score (nSPS) is 10.6. The van der Waals surface area contributed by atoms with Gasteiger partial charge >= 0.3 is 0 Å². The summed E-state index contributed by atoms with van der Waals surface area (Å²) < 4.78 is 13.1. The molecule has 0 radical (unpaired) electrons. The molecule has 0 fully saturated rings. The number of nitrogens with zero attached hydrogens (tertiary/aromatic N) is 2. The Kier molecular flexibility index (Phi) is 4.97. The molecule has 6 nitrogen and oxygen atoms in total. The molecule has 0 atom stereocenters. The highest BCUT2D eigenvalue weighted by Gasteiger charge is 2.22. The summed E-state index contributed by atoms with van der Waals surface area (Å²) in [4.78, 5) is 28.0. The Morgan fingerprint density at radius 3 is 2.62 bits per heavy atom. The second-order valence-electron chi connectivity index (χ2n) is 5.30. The smallest absolute Gasteiger partial charge is 0.283 e. The van der Waals surface area contributed by atoms with Crippen LogP contribution in [0.15, 0.2) is 42.5 Å². The number of aromatic nitrogens is 1. The topological polar surface area (TPSA) is 85.1 Å². The number of carbonyl (C=O) groups is 1. The van der Waals surface area contributed by atoms with E-state index in [1.165, 1.54) is 35.6 Å². The van der Waals surface area contributed by atoms with Gasteiger partial charge in [-0.3, -0.25) is 20.2 Å². The van der Waals surface area contributed by atoms with Crippen LogP contribution in [0, 0.1) is 22.9 Å². The predicted octanol–water partition coefficient (Wildman–Crippen LogP) is 5.07. The van der Waals surface area contributed by atoms with E-state index in [2.05, 4.69) is 10.3 Å². The van der Waals surface area contributed by atoms with Crippen LogP contribution in [0.1, 0.15) is 15.2 Å². The Morgan fingerprint density at radius 1 is 1.27 bits per heavy atom. The standard InChI is InChI=1S/C17H11ClFN3O3S/c1-9-15(10-2-5-12(19)6-3-10)20-17(26-9)21-16(23)13-7-4-11(18)8-14(13)22(24)25/h2-8H,1H3,(H,20,21,23). The fourth-order valence-electron chi connectivity index (χ4n) is 2.34. The molecular formula is C17H11ClFN3O3S. The van der Waals surface area contributed by atoms with Gasteiger partial charge in [0.25, 0.3) is 11.6 Å². The average molecular weight is 392 g/mol. The first-order valence-electron chi connectivity index (χ1n) is 7.34. The fraction of sp³-hybridized carbons (Fsp3) is 0.0588. The number of hydrogen-bond acceptors (Lipinski definition) is 5. The van der Waals surface area contributed by atoms with E-state index in [4.69, 9.17) is 11.6 Å². The van der Waals surface area contributed by atoms with Gasteiger partial charge in [-0.05, 0) is 43.3 Å². The van der Waals surface area contributed by atoms with Gasteiger partial charge in [-0.15, -0.1) is 11.3 Å². The van der Waals surface area contributed by atoms with Gasteiger partial charge in [0, 0.05) is 21.5 Å². The highest BCUT2D eigenvalue weighted by atomic mass is 35.5. The SMILES string of the molecule is Cc1sc(NC(=O)c2ccc(Cl)cc2[N+](=O)[O-])nc1-c1ccc(F)cc1. The molecule has 0 aliphatic carbocycles. The van der Waals surface area contributed by atoms with E-state index in [-0.39, 0.29) is 27.2 Å². The van der Waals surface area contributed by atoms with Crippen molar-refractivity contribution >= 4 is 39.7 Å². The number of rotatable bonds is 4. The second kappa shape index (κ2) is 7.19. The van der Waals surface area contributed by atoms with E-state index >= 15 is 0 Å². The third-order valence-electron chi connectivity index (χ3n) is 3.54. The van der Waals surface area contributed by atoms with E-state index in [1.807, 2.05) is 6.92 Å². The molecule has 0 saturated carbocycles. The lowest BCUT2D eigenvalue weighted by molar-refractivity contribution is -0.385. The van der Waals surface area contributed by atoms with Gasteiger partial charge < -0.3 is 0 Å². The van der Waals surface area contributed by atoms with E-state index in [9.17, 15) is 19.3 Å². The minimum Gasteiger partial charge on any atom is -0.298 e. The van der Waals surface area contributed by atoms with Crippen LogP contribution >= 0.6 is 22.9 Å². The van der Waals surface area contributed by atoms with Gasteiger partial charge in [0.15, 0.2) is 5.13 Å². The summed E-state index contributed by atoms with van der Waals surface area (Å²) in [6, 6.07) is 9.64. The van der Waals surface area contributed by atoms with Gasteiger partial charge in [-0.25, -0.2) is 9.37 Å². The highest BCUT2D eigenvalue weighted by Crippen LogP contribution is 2.31. The van der Waals surface area contributed by atoms with E-state index in [0.717, 1.165) is 10.9 Å². The molecule has 1 amide bonds. The Hall–Kier alpha value is -2.84. The first-order chi connectivity index (χ1) is 12.3. The minimum absolute atomic E-state index is 0.115. The quantitative estimate of drug-likeness (QED) is 0.497. The van der Waals surface area contributed by atoms with Gasteiger partial charge in [-0.2, -0.15) is 0 Å². The summed E-state index contributed by atoms with van der Waals surface area (Å²) in [5, 5.41) is 14.1. The van der Waals surface area contributed by atoms with Crippen molar-refractivity contribution in [2.45, 2.75) is 6.92 Å². The number of halogens is 2. The first-order valence-corrected chi connectivity index (χ1v) is 8.53. The zero-order valence-electron chi connectivity index (χ0n) is 13.3. The average Bonchev–Trinajstić information content (AvgIpc) is 2.95. The third-order valence-corrected chi connectivity index (χ3v) is 4.66. The minimum atomic E-state index is -0.669. The molecular weight excluding hydrogens is 381 g/mol. The second-order valence-corrected chi connectivity index (χ2v) is 6.94. The molecule has 9 heteroatoms. The molecule has 1 heterocycles. The maximum absolute atomic E-state index is 13.1. The maximum atomic E-state index is 13.1. The molecule has 2 aromatic carbocycles. The van der Waals surface area contributed by atoms with Crippen molar-refractivity contribution in [1.82, 2.24) is 4.98 Å². The summed E-state index contributed by atoms with van der Waals surface area (Å²) in [5.74, 6) is -1.02. The summed E-state index contributed by atoms with van der Waals surface area (Å²) in [6.07, 6.45) is 0. The molecule has 3 aromatic rings. The zero-order valence-corrected chi connectivity index (χ0v) is 14.9. The van der Waals surface area contributed by atoms with Crippen LogP contribution in [0.4, 0.5) is 15.2 Å². The number of amides is 1. The Morgan fingerprint density at radius 2 is 1.96 bits per heavy atom. The molecule has 0 unspecified atom stereocenters. The van der Waals surface area contributed by atoms with Crippen LogP contribution in [0.5, 0.6) is 0 Å². The van der Waals surface area contributed by atoms with E-state index < -0.39 is 10.8 Å². The van der Waals surface area contributed by atoms with Crippen LogP contribution < -0.4 is 5.32 Å². The van der Waals surface area contributed by atoms with E-state index in [1.54, 1.807) is 12.1 Å². The molecule has 0 aliphatic rings. The number of carbonyl (C=O) groups excluding carboxylic acids is 1. The van der Waals surface area contributed by atoms with Crippen LogP contribution in [0.3, 0.4) is 0 Å². The van der Waals surface area contributed by atoms with Crippen molar-refractivity contribution in [3.8, 4) is 11.3 Å². The van der Waals surface area contributed by atoms with Gasteiger partial charge in [0.1, 0.15) is 11.4 Å². The van der Waals surface area contributed by atoms with Gasteiger partial charge in [0.2, 0.25) is 0 Å². The number of benzene rings is 2. The number of nitrogens with one attached hydrogen (secondary N) is 1. The fourth-order valence-corrected chi connectivity index (χ4v) is 3.33. The van der Waals surface area contributed by atoms with Crippen LogP contribution in [-0.2, 0) is 0 Å². The van der Waals surface area contributed by atoms with Crippen molar-refractivity contribution in [2.24, 2.45) is 0 Å². The molecule has 26 heavy (non-hydrogen) atoms. The summed E-state index contributed by atoms with van der Waals surface area (Å²) in [7, 11) is 0. The zero-order chi connectivity index (χ0) is 18.8. The lowest BCUT2D eigenvalue weighted by Gasteiger charge is -2.03. The summed E-state index contributed by atoms with van der Waals surface area (Å²) >= 11 is 6.98. The number of nitro groups is 1. The molecule has 0 bridgehead atoms. The van der Waals surface area contributed by atoms with Crippen LogP contribution in [0.25, 0.3) is 11.3 Å². The Balaban J connectivity index is 1.88. The Labute approximate surface area is 156 Å². The molecule has 1 N–H and O–H groups in total. The molecule has 132 valence electrons. The maximum Gasteiger partial charge on any atom is 0.283 e. The number of hydrogen-bond donors (Lipinski definition) is 1. The monoisotopic (exact) mass is 391 g/mol. The van der Waals surface area contributed by atoms with Crippen molar-refractivity contribution in [1.29, 1.82) is 0 Å². The van der Waals surface area contributed by atoms with Crippen LogP contribution in [-0.4, -0.2) is 15.8 Å². The van der Waals surface area contributed by atoms with Crippen LogP contribution in [0.2, 0.25) is 5.02 Å².